The quantitative estimate of drug-likeness (QED) is 0.314. The molecule has 2 amide bonds. The molecule has 1 aromatic heterocycles. The Morgan fingerprint density at radius 3 is 2.31 bits per heavy atom. The first kappa shape index (κ1) is 34.6. The summed E-state index contributed by atoms with van der Waals surface area (Å²) in [6.07, 6.45) is 9.34. The van der Waals surface area contributed by atoms with Gasteiger partial charge in [-0.1, -0.05) is 20.8 Å². The van der Waals surface area contributed by atoms with Crippen molar-refractivity contribution in [2.75, 3.05) is 37.6 Å². The monoisotopic (exact) mass is 624 g/mol. The number of hydrogen-bond acceptors (Lipinski definition) is 7. The van der Waals surface area contributed by atoms with Gasteiger partial charge in [0.05, 0.1) is 11.8 Å². The number of aromatic nitrogens is 2. The summed E-state index contributed by atoms with van der Waals surface area (Å²) in [6.45, 7) is 18.6. The van der Waals surface area contributed by atoms with Crippen molar-refractivity contribution < 1.29 is 18.7 Å². The zero-order valence-corrected chi connectivity index (χ0v) is 28.3. The number of anilines is 1. The average molecular weight is 625 g/mol. The second-order valence-corrected chi connectivity index (χ2v) is 14.5. The van der Waals surface area contributed by atoms with Crippen LogP contribution in [-0.2, 0) is 4.79 Å². The number of ether oxygens (including phenoxy) is 1. The molecule has 2 aromatic rings. The molecule has 4 rings (SSSR count). The molecule has 1 saturated carbocycles. The van der Waals surface area contributed by atoms with Crippen molar-refractivity contribution in [3.8, 4) is 11.5 Å². The first-order valence-corrected chi connectivity index (χ1v) is 16.7. The Hall–Kier alpha value is -3.27. The van der Waals surface area contributed by atoms with Gasteiger partial charge in [0.2, 0.25) is 5.91 Å². The summed E-state index contributed by atoms with van der Waals surface area (Å²) < 4.78 is 20.6. The molecule has 0 bridgehead atoms. The molecule has 2 fully saturated rings. The highest BCUT2D eigenvalue weighted by Crippen LogP contribution is 2.34. The van der Waals surface area contributed by atoms with Crippen molar-refractivity contribution in [3.63, 3.8) is 0 Å². The van der Waals surface area contributed by atoms with Crippen LogP contribution in [0.5, 0.6) is 11.5 Å². The Kier molecular flexibility index (Phi) is 11.8. The van der Waals surface area contributed by atoms with Crippen LogP contribution in [0.2, 0.25) is 0 Å². The van der Waals surface area contributed by atoms with Crippen molar-refractivity contribution >= 4 is 17.6 Å². The maximum atomic E-state index is 14.3. The fourth-order valence-electron chi connectivity index (χ4n) is 6.61. The number of rotatable bonds is 11. The number of nitrogens with one attached hydrogen (secondary N) is 1. The summed E-state index contributed by atoms with van der Waals surface area (Å²) in [4.78, 5) is 41.0. The van der Waals surface area contributed by atoms with Crippen LogP contribution in [0.4, 0.5) is 10.2 Å². The van der Waals surface area contributed by atoms with Crippen LogP contribution in [0.25, 0.3) is 0 Å². The molecule has 0 radical (unpaired) electrons. The highest BCUT2D eigenvalue weighted by Gasteiger charge is 2.28. The van der Waals surface area contributed by atoms with Gasteiger partial charge in [0, 0.05) is 50.7 Å². The summed E-state index contributed by atoms with van der Waals surface area (Å²) in [5.41, 5.74) is 0.196. The lowest BCUT2D eigenvalue weighted by atomic mass is 9.83. The van der Waals surface area contributed by atoms with E-state index < -0.39 is 5.82 Å². The van der Waals surface area contributed by atoms with Crippen molar-refractivity contribution in [3.05, 3.63) is 42.1 Å². The van der Waals surface area contributed by atoms with Gasteiger partial charge in [-0.05, 0) is 95.9 Å². The van der Waals surface area contributed by atoms with E-state index in [1.165, 1.54) is 43.8 Å². The minimum Gasteiger partial charge on any atom is -0.451 e. The van der Waals surface area contributed by atoms with Crippen LogP contribution < -0.4 is 15.0 Å². The lowest BCUT2D eigenvalue weighted by Gasteiger charge is -2.37. The van der Waals surface area contributed by atoms with Crippen molar-refractivity contribution in [2.45, 2.75) is 105 Å². The number of amides is 2. The maximum Gasteiger partial charge on any atom is 0.258 e. The number of carbonyl (C=O) groups excluding carboxylic acids is 2. The Morgan fingerprint density at radius 1 is 1.02 bits per heavy atom. The smallest absolute Gasteiger partial charge is 0.258 e. The number of hydrogen-bond donors (Lipinski definition) is 1. The molecule has 9 nitrogen and oxygen atoms in total. The lowest BCUT2D eigenvalue weighted by molar-refractivity contribution is -0.123. The van der Waals surface area contributed by atoms with Crippen LogP contribution in [0.3, 0.4) is 0 Å². The zero-order valence-electron chi connectivity index (χ0n) is 28.3. The molecule has 45 heavy (non-hydrogen) atoms. The summed E-state index contributed by atoms with van der Waals surface area (Å²) in [5, 5.41) is 3.26. The number of benzene rings is 1. The minimum absolute atomic E-state index is 0.0168. The Morgan fingerprint density at radius 2 is 1.69 bits per heavy atom. The average Bonchev–Trinajstić information content (AvgIpc) is 2.97. The van der Waals surface area contributed by atoms with Crippen LogP contribution in [0, 0.1) is 17.2 Å². The Bertz CT molecular complexity index is 1270. The molecule has 10 heteroatoms. The van der Waals surface area contributed by atoms with E-state index in [1.54, 1.807) is 11.1 Å². The third-order valence-electron chi connectivity index (χ3n) is 8.83. The number of halogens is 1. The van der Waals surface area contributed by atoms with Crippen LogP contribution in [-0.4, -0.2) is 82.4 Å². The van der Waals surface area contributed by atoms with E-state index >= 15 is 0 Å². The van der Waals surface area contributed by atoms with Crippen molar-refractivity contribution in [2.24, 2.45) is 11.3 Å². The third-order valence-corrected chi connectivity index (χ3v) is 8.83. The van der Waals surface area contributed by atoms with Crippen LogP contribution in [0.15, 0.2) is 30.7 Å². The summed E-state index contributed by atoms with van der Waals surface area (Å²) in [6, 6.07) is 4.26. The first-order valence-electron chi connectivity index (χ1n) is 16.7. The van der Waals surface area contributed by atoms with E-state index in [1.807, 2.05) is 27.7 Å². The molecule has 0 spiro atoms. The minimum atomic E-state index is -0.491. The second-order valence-electron chi connectivity index (χ2n) is 14.5. The van der Waals surface area contributed by atoms with E-state index in [0.29, 0.717) is 29.9 Å². The highest BCUT2D eigenvalue weighted by atomic mass is 19.1. The molecule has 0 atom stereocenters. The normalized spacial score (nSPS) is 19.6. The van der Waals surface area contributed by atoms with E-state index in [2.05, 4.69) is 45.9 Å². The Labute approximate surface area is 268 Å². The molecule has 1 aliphatic carbocycles. The predicted molar refractivity (Wildman–Crippen MR) is 176 cm³/mol. The van der Waals surface area contributed by atoms with Crippen LogP contribution >= 0.6 is 0 Å². The van der Waals surface area contributed by atoms with Crippen molar-refractivity contribution in [1.82, 2.24) is 25.1 Å². The molecule has 1 aromatic carbocycles. The summed E-state index contributed by atoms with van der Waals surface area (Å²) in [7, 11) is 0. The van der Waals surface area contributed by atoms with Gasteiger partial charge in [0.1, 0.15) is 17.9 Å². The molecule has 1 N–H and O–H groups in total. The zero-order chi connectivity index (χ0) is 32.7. The van der Waals surface area contributed by atoms with Gasteiger partial charge in [-0.25, -0.2) is 14.4 Å². The number of piperazine rings is 1. The van der Waals surface area contributed by atoms with Crippen LogP contribution in [0.1, 0.15) is 97.3 Å². The second kappa shape index (κ2) is 15.3. The molecule has 0 unspecified atom stereocenters. The topological polar surface area (TPSA) is 90.9 Å². The molecule has 1 aliphatic heterocycles. The van der Waals surface area contributed by atoms with Gasteiger partial charge < -0.3 is 19.9 Å². The van der Waals surface area contributed by atoms with E-state index in [4.69, 9.17) is 4.74 Å². The fourth-order valence-corrected chi connectivity index (χ4v) is 6.61. The molecule has 2 heterocycles. The van der Waals surface area contributed by atoms with Gasteiger partial charge >= 0.3 is 0 Å². The molecular weight excluding hydrogens is 571 g/mol. The largest absolute Gasteiger partial charge is 0.451 e. The fraction of sp³-hybridized carbons (Fsp3) is 0.657. The maximum absolute atomic E-state index is 14.3. The number of carbonyl (C=O) groups is 2. The SMILES string of the molecule is CC(C)N(C(=O)c1cc(F)ccc1Oc1cncnc1N1CCN(CC[C@H]2CC[C@H](NC(=O)CC(C)(C)C)CC2)CC1)C(C)C. The number of nitrogens with zero attached hydrogens (tertiary/aromatic N) is 5. The van der Waals surface area contributed by atoms with Gasteiger partial charge in [0.15, 0.2) is 11.6 Å². The standard InChI is InChI=1S/C35H53FN6O3/c1-24(2)42(25(3)4)34(44)29-20-27(36)10-13-30(29)45-31-22-37-23-38-33(31)41-18-16-40(17-19-41)15-14-26-8-11-28(12-9-26)39-32(43)21-35(5,6)7/h10,13,20,22-26,28H,8-9,11-12,14-19,21H2,1-7H3,(H,39,43)/t26-,28-. The van der Waals surface area contributed by atoms with Gasteiger partial charge in [0.25, 0.3) is 5.91 Å². The molecule has 1 saturated heterocycles. The summed E-state index contributed by atoms with van der Waals surface area (Å²) >= 11 is 0. The molecular formula is C35H53FN6O3. The lowest BCUT2D eigenvalue weighted by Crippen LogP contribution is -2.47. The first-order chi connectivity index (χ1) is 21.3. The highest BCUT2D eigenvalue weighted by molar-refractivity contribution is 5.97. The van der Waals surface area contributed by atoms with Gasteiger partial charge in [-0.2, -0.15) is 0 Å². The van der Waals surface area contributed by atoms with Gasteiger partial charge in [-0.15, -0.1) is 0 Å². The summed E-state index contributed by atoms with van der Waals surface area (Å²) in [5.74, 6) is 1.51. The predicted octanol–water partition coefficient (Wildman–Crippen LogP) is 6.29. The van der Waals surface area contributed by atoms with Gasteiger partial charge in [-0.3, -0.25) is 14.5 Å². The van der Waals surface area contributed by atoms with E-state index in [0.717, 1.165) is 45.6 Å². The van der Waals surface area contributed by atoms with E-state index in [-0.39, 0.29) is 40.6 Å². The molecule has 248 valence electrons. The molecule has 2 aliphatic rings. The van der Waals surface area contributed by atoms with Crippen molar-refractivity contribution in [1.29, 1.82) is 0 Å². The van der Waals surface area contributed by atoms with E-state index in [9.17, 15) is 14.0 Å². The Balaban J connectivity index is 1.30. The third kappa shape index (κ3) is 9.86.